The highest BCUT2D eigenvalue weighted by molar-refractivity contribution is 5.89. The molecule has 1 aromatic rings. The molecule has 0 fully saturated rings. The molecule has 4 heteroatoms. The number of unbranched alkanes of at least 4 members (excludes halogenated alkanes) is 1. The number of esters is 1. The van der Waals surface area contributed by atoms with E-state index in [-0.39, 0.29) is 18.4 Å². The van der Waals surface area contributed by atoms with Gasteiger partial charge in [0.15, 0.2) is 0 Å². The van der Waals surface area contributed by atoms with Gasteiger partial charge in [0.05, 0.1) is 12.7 Å². The van der Waals surface area contributed by atoms with Crippen molar-refractivity contribution in [1.29, 1.82) is 0 Å². The molecule has 0 atom stereocenters. The van der Waals surface area contributed by atoms with E-state index in [1.165, 1.54) is 12.7 Å². The Labute approximate surface area is 102 Å². The van der Waals surface area contributed by atoms with Gasteiger partial charge in [0.25, 0.3) is 0 Å². The van der Waals surface area contributed by atoms with E-state index in [0.717, 1.165) is 25.8 Å². The van der Waals surface area contributed by atoms with Crippen LogP contribution in [0.2, 0.25) is 0 Å². The number of carbonyl (C=O) groups is 1. The fraction of sp³-hybridized carbons (Fsp3) is 0.417. The van der Waals surface area contributed by atoms with Crippen molar-refractivity contribution < 1.29 is 9.53 Å². The van der Waals surface area contributed by atoms with Crippen LogP contribution in [0.3, 0.4) is 0 Å². The van der Waals surface area contributed by atoms with E-state index < -0.39 is 0 Å². The quantitative estimate of drug-likeness (QED) is 0.637. The molecule has 0 amide bonds. The van der Waals surface area contributed by atoms with E-state index in [0.29, 0.717) is 5.56 Å². The Kier molecular flexibility index (Phi) is 7.60. The molecule has 0 spiro atoms. The van der Waals surface area contributed by atoms with Crippen LogP contribution in [0.4, 0.5) is 0 Å². The zero-order valence-electron chi connectivity index (χ0n) is 9.44. The number of methoxy groups -OCH3 is 1. The Morgan fingerprint density at radius 1 is 1.25 bits per heavy atom. The highest BCUT2D eigenvalue weighted by Crippen LogP contribution is 2.08. The molecule has 1 aromatic carbocycles. The minimum absolute atomic E-state index is 0. The largest absolute Gasteiger partial charge is 0.465 e. The molecule has 0 radical (unpaired) electrons. The number of rotatable bonds is 5. The summed E-state index contributed by atoms with van der Waals surface area (Å²) in [5, 5.41) is 0. The number of nitrogens with two attached hydrogens (primary N) is 1. The van der Waals surface area contributed by atoms with Gasteiger partial charge in [-0.1, -0.05) is 12.1 Å². The van der Waals surface area contributed by atoms with Gasteiger partial charge in [-0.05, 0) is 43.5 Å². The second-order valence-corrected chi connectivity index (χ2v) is 3.43. The van der Waals surface area contributed by atoms with Crippen LogP contribution in [0.5, 0.6) is 0 Å². The Bertz CT molecular complexity index is 311. The molecule has 16 heavy (non-hydrogen) atoms. The summed E-state index contributed by atoms with van der Waals surface area (Å²) in [7, 11) is 1.39. The van der Waals surface area contributed by atoms with Crippen LogP contribution in [-0.4, -0.2) is 19.6 Å². The Balaban J connectivity index is 0.00000225. The van der Waals surface area contributed by atoms with Crippen LogP contribution in [0.15, 0.2) is 24.3 Å². The van der Waals surface area contributed by atoms with Gasteiger partial charge in [-0.2, -0.15) is 0 Å². The predicted octanol–water partition coefficient (Wildman–Crippen LogP) is 2.18. The third-order valence-corrected chi connectivity index (χ3v) is 2.29. The van der Waals surface area contributed by atoms with Crippen molar-refractivity contribution in [1.82, 2.24) is 0 Å². The maximum absolute atomic E-state index is 11.1. The average molecular weight is 244 g/mol. The SMILES string of the molecule is COC(=O)c1ccc(CCCCN)cc1.Cl. The Morgan fingerprint density at radius 2 is 1.88 bits per heavy atom. The molecular formula is C12H18ClNO2. The summed E-state index contributed by atoms with van der Waals surface area (Å²) in [4.78, 5) is 11.1. The maximum atomic E-state index is 11.1. The van der Waals surface area contributed by atoms with E-state index in [1.807, 2.05) is 12.1 Å². The smallest absolute Gasteiger partial charge is 0.337 e. The van der Waals surface area contributed by atoms with Crippen molar-refractivity contribution in [3.8, 4) is 0 Å². The lowest BCUT2D eigenvalue weighted by atomic mass is 10.1. The lowest BCUT2D eigenvalue weighted by Gasteiger charge is -2.02. The molecule has 90 valence electrons. The number of carbonyl (C=O) groups excluding carboxylic acids is 1. The Morgan fingerprint density at radius 3 is 2.38 bits per heavy atom. The minimum Gasteiger partial charge on any atom is -0.465 e. The molecule has 0 aliphatic carbocycles. The molecule has 0 saturated heterocycles. The fourth-order valence-corrected chi connectivity index (χ4v) is 1.40. The predicted molar refractivity (Wildman–Crippen MR) is 67.0 cm³/mol. The molecule has 2 N–H and O–H groups in total. The molecule has 0 aliphatic heterocycles. The summed E-state index contributed by atoms with van der Waals surface area (Å²) in [6, 6.07) is 7.51. The Hall–Kier alpha value is -1.06. The molecule has 0 bridgehead atoms. The zero-order chi connectivity index (χ0) is 11.1. The van der Waals surface area contributed by atoms with Gasteiger partial charge in [-0.25, -0.2) is 4.79 Å². The minimum atomic E-state index is -0.288. The topological polar surface area (TPSA) is 52.3 Å². The first-order chi connectivity index (χ1) is 7.27. The first kappa shape index (κ1) is 14.9. The van der Waals surface area contributed by atoms with Gasteiger partial charge >= 0.3 is 5.97 Å². The van der Waals surface area contributed by atoms with Crippen LogP contribution in [0.25, 0.3) is 0 Å². The van der Waals surface area contributed by atoms with Gasteiger partial charge < -0.3 is 10.5 Å². The summed E-state index contributed by atoms with van der Waals surface area (Å²) in [6.45, 7) is 0.736. The fourth-order valence-electron chi connectivity index (χ4n) is 1.40. The first-order valence-corrected chi connectivity index (χ1v) is 5.15. The molecule has 1 rings (SSSR count). The van der Waals surface area contributed by atoms with E-state index in [1.54, 1.807) is 12.1 Å². The monoisotopic (exact) mass is 243 g/mol. The second-order valence-electron chi connectivity index (χ2n) is 3.43. The molecule has 3 nitrogen and oxygen atoms in total. The van der Waals surface area contributed by atoms with Crippen molar-refractivity contribution in [3.63, 3.8) is 0 Å². The van der Waals surface area contributed by atoms with Gasteiger partial charge in [-0.15, -0.1) is 12.4 Å². The number of hydrogen-bond acceptors (Lipinski definition) is 3. The average Bonchev–Trinajstić information content (AvgIpc) is 2.29. The summed E-state index contributed by atoms with van der Waals surface area (Å²) in [5.41, 5.74) is 7.24. The van der Waals surface area contributed by atoms with Crippen molar-refractivity contribution in [3.05, 3.63) is 35.4 Å². The third kappa shape index (κ3) is 4.64. The molecular weight excluding hydrogens is 226 g/mol. The molecule has 0 saturated carbocycles. The number of hydrogen-bond donors (Lipinski definition) is 1. The lowest BCUT2D eigenvalue weighted by Crippen LogP contribution is -2.01. The van der Waals surface area contributed by atoms with Gasteiger partial charge in [0.1, 0.15) is 0 Å². The van der Waals surface area contributed by atoms with Crippen LogP contribution in [0, 0.1) is 0 Å². The highest BCUT2D eigenvalue weighted by Gasteiger charge is 2.03. The zero-order valence-corrected chi connectivity index (χ0v) is 10.3. The van der Waals surface area contributed by atoms with E-state index >= 15 is 0 Å². The van der Waals surface area contributed by atoms with Crippen LogP contribution < -0.4 is 5.73 Å². The standard InChI is InChI=1S/C12H17NO2.ClH/c1-15-12(14)11-7-5-10(6-8-11)4-2-3-9-13;/h5-8H,2-4,9,13H2,1H3;1H. The van der Waals surface area contributed by atoms with Crippen molar-refractivity contribution in [2.24, 2.45) is 5.73 Å². The van der Waals surface area contributed by atoms with E-state index in [4.69, 9.17) is 5.73 Å². The van der Waals surface area contributed by atoms with Crippen LogP contribution in [0.1, 0.15) is 28.8 Å². The number of ether oxygens (including phenoxy) is 1. The lowest BCUT2D eigenvalue weighted by molar-refractivity contribution is 0.0600. The summed E-state index contributed by atoms with van der Waals surface area (Å²) >= 11 is 0. The van der Waals surface area contributed by atoms with Crippen LogP contribution in [-0.2, 0) is 11.2 Å². The molecule has 0 aliphatic rings. The van der Waals surface area contributed by atoms with Gasteiger partial charge in [0.2, 0.25) is 0 Å². The van der Waals surface area contributed by atoms with Gasteiger partial charge in [0, 0.05) is 0 Å². The number of aryl methyl sites for hydroxylation is 1. The van der Waals surface area contributed by atoms with Crippen molar-refractivity contribution in [2.75, 3.05) is 13.7 Å². The number of halogens is 1. The molecule has 0 unspecified atom stereocenters. The maximum Gasteiger partial charge on any atom is 0.337 e. The van der Waals surface area contributed by atoms with Crippen LogP contribution >= 0.6 is 12.4 Å². The summed E-state index contributed by atoms with van der Waals surface area (Å²) in [6.07, 6.45) is 3.14. The van der Waals surface area contributed by atoms with Crippen molar-refractivity contribution in [2.45, 2.75) is 19.3 Å². The summed E-state index contributed by atoms with van der Waals surface area (Å²) < 4.78 is 4.62. The highest BCUT2D eigenvalue weighted by atomic mass is 35.5. The van der Waals surface area contributed by atoms with E-state index in [9.17, 15) is 4.79 Å². The molecule has 0 heterocycles. The second kappa shape index (κ2) is 8.13. The normalized spacial score (nSPS) is 9.38. The summed E-state index contributed by atoms with van der Waals surface area (Å²) in [5.74, 6) is -0.288. The molecule has 0 aromatic heterocycles. The van der Waals surface area contributed by atoms with Crippen molar-refractivity contribution >= 4 is 18.4 Å². The van der Waals surface area contributed by atoms with E-state index in [2.05, 4.69) is 4.74 Å². The first-order valence-electron chi connectivity index (χ1n) is 5.15. The van der Waals surface area contributed by atoms with Gasteiger partial charge in [-0.3, -0.25) is 0 Å². The third-order valence-electron chi connectivity index (χ3n) is 2.29. The number of benzene rings is 1.